The standard InChI is InChI=1S/C16H24Cl2N4O/c1-4-5-10-22(3)16(19-2)21-9-8-20-15(23)12-6-7-13(17)14(18)11-12/h6-7,11H,4-5,8-10H2,1-3H3,(H,19,21)(H,20,23). The van der Waals surface area contributed by atoms with Gasteiger partial charge in [-0.1, -0.05) is 36.5 Å². The predicted molar refractivity (Wildman–Crippen MR) is 97.7 cm³/mol. The van der Waals surface area contributed by atoms with E-state index >= 15 is 0 Å². The third-order valence-electron chi connectivity index (χ3n) is 3.30. The van der Waals surface area contributed by atoms with Crippen LogP contribution in [0.2, 0.25) is 10.0 Å². The molecule has 0 heterocycles. The van der Waals surface area contributed by atoms with Crippen molar-refractivity contribution >= 4 is 35.1 Å². The summed E-state index contributed by atoms with van der Waals surface area (Å²) in [4.78, 5) is 18.3. The number of nitrogens with zero attached hydrogens (tertiary/aromatic N) is 2. The molecule has 0 spiro atoms. The van der Waals surface area contributed by atoms with Gasteiger partial charge in [0.2, 0.25) is 0 Å². The van der Waals surface area contributed by atoms with Gasteiger partial charge in [-0.15, -0.1) is 0 Å². The van der Waals surface area contributed by atoms with E-state index in [-0.39, 0.29) is 5.91 Å². The van der Waals surface area contributed by atoms with Crippen molar-refractivity contribution in [3.8, 4) is 0 Å². The number of hydrogen-bond acceptors (Lipinski definition) is 2. The summed E-state index contributed by atoms with van der Waals surface area (Å²) < 4.78 is 0. The molecule has 7 heteroatoms. The maximum Gasteiger partial charge on any atom is 0.251 e. The smallest absolute Gasteiger partial charge is 0.251 e. The molecule has 0 aliphatic carbocycles. The predicted octanol–water partition coefficient (Wildman–Crippen LogP) is 3.03. The number of aliphatic imine (C=N–C) groups is 1. The fraction of sp³-hybridized carbons (Fsp3) is 0.500. The number of benzene rings is 1. The SMILES string of the molecule is CCCCN(C)C(=NC)NCCNC(=O)c1ccc(Cl)c(Cl)c1. The molecule has 0 aromatic heterocycles. The lowest BCUT2D eigenvalue weighted by Gasteiger charge is -2.21. The largest absolute Gasteiger partial charge is 0.354 e. The van der Waals surface area contributed by atoms with Gasteiger partial charge in [0.15, 0.2) is 5.96 Å². The first kappa shape index (κ1) is 19.6. The van der Waals surface area contributed by atoms with Crippen molar-refractivity contribution in [3.63, 3.8) is 0 Å². The highest BCUT2D eigenvalue weighted by Gasteiger charge is 2.08. The molecule has 0 fully saturated rings. The molecule has 128 valence electrons. The lowest BCUT2D eigenvalue weighted by atomic mass is 10.2. The quantitative estimate of drug-likeness (QED) is 0.447. The van der Waals surface area contributed by atoms with Gasteiger partial charge in [0.05, 0.1) is 10.0 Å². The zero-order valence-corrected chi connectivity index (χ0v) is 15.3. The van der Waals surface area contributed by atoms with Gasteiger partial charge in [-0.05, 0) is 24.6 Å². The summed E-state index contributed by atoms with van der Waals surface area (Å²) in [5.41, 5.74) is 0.490. The van der Waals surface area contributed by atoms with Gasteiger partial charge in [0, 0.05) is 39.3 Å². The molecule has 0 radical (unpaired) electrons. The van der Waals surface area contributed by atoms with Gasteiger partial charge in [-0.2, -0.15) is 0 Å². The van der Waals surface area contributed by atoms with Crippen LogP contribution in [0, 0.1) is 0 Å². The minimum Gasteiger partial charge on any atom is -0.354 e. The number of rotatable bonds is 7. The Kier molecular flexibility index (Phi) is 8.81. The Balaban J connectivity index is 2.38. The van der Waals surface area contributed by atoms with E-state index in [1.54, 1.807) is 25.2 Å². The van der Waals surface area contributed by atoms with Crippen molar-refractivity contribution in [3.05, 3.63) is 33.8 Å². The molecule has 0 atom stereocenters. The highest BCUT2D eigenvalue weighted by molar-refractivity contribution is 6.42. The first-order chi connectivity index (χ1) is 11.0. The fourth-order valence-corrected chi connectivity index (χ4v) is 2.27. The van der Waals surface area contributed by atoms with Crippen LogP contribution < -0.4 is 10.6 Å². The van der Waals surface area contributed by atoms with Crippen LogP contribution in [0.3, 0.4) is 0 Å². The van der Waals surface area contributed by atoms with Gasteiger partial charge in [0.25, 0.3) is 5.91 Å². The Hall–Kier alpha value is -1.46. The maximum atomic E-state index is 12.0. The van der Waals surface area contributed by atoms with Crippen molar-refractivity contribution in [1.82, 2.24) is 15.5 Å². The lowest BCUT2D eigenvalue weighted by molar-refractivity contribution is 0.0954. The molecule has 2 N–H and O–H groups in total. The van der Waals surface area contributed by atoms with Crippen molar-refractivity contribution in [1.29, 1.82) is 0 Å². The summed E-state index contributed by atoms with van der Waals surface area (Å²) in [6.45, 7) is 4.18. The number of amides is 1. The highest BCUT2D eigenvalue weighted by Crippen LogP contribution is 2.22. The van der Waals surface area contributed by atoms with Crippen LogP contribution >= 0.6 is 23.2 Å². The number of unbranched alkanes of at least 4 members (excludes halogenated alkanes) is 1. The number of hydrogen-bond donors (Lipinski definition) is 2. The second kappa shape index (κ2) is 10.3. The minimum absolute atomic E-state index is 0.181. The summed E-state index contributed by atoms with van der Waals surface area (Å²) in [7, 11) is 3.75. The van der Waals surface area contributed by atoms with E-state index < -0.39 is 0 Å². The molecule has 1 aromatic rings. The Labute approximate surface area is 148 Å². The molecule has 0 aliphatic rings. The molecule has 0 aliphatic heterocycles. The van der Waals surface area contributed by atoms with Gasteiger partial charge >= 0.3 is 0 Å². The van der Waals surface area contributed by atoms with E-state index in [1.165, 1.54) is 0 Å². The summed E-state index contributed by atoms with van der Waals surface area (Å²) in [6, 6.07) is 4.82. The van der Waals surface area contributed by atoms with E-state index in [0.29, 0.717) is 28.7 Å². The highest BCUT2D eigenvalue weighted by atomic mass is 35.5. The third kappa shape index (κ3) is 6.67. The molecule has 1 amide bonds. The molecule has 0 bridgehead atoms. The molecule has 0 unspecified atom stereocenters. The Bertz CT molecular complexity index is 549. The van der Waals surface area contributed by atoms with E-state index in [1.807, 2.05) is 7.05 Å². The minimum atomic E-state index is -0.181. The van der Waals surface area contributed by atoms with E-state index in [2.05, 4.69) is 27.4 Å². The van der Waals surface area contributed by atoms with Crippen molar-refractivity contribution in [2.45, 2.75) is 19.8 Å². The molecule has 23 heavy (non-hydrogen) atoms. The number of carbonyl (C=O) groups is 1. The second-order valence-electron chi connectivity index (χ2n) is 5.13. The Morgan fingerprint density at radius 3 is 2.52 bits per heavy atom. The molecular weight excluding hydrogens is 335 g/mol. The van der Waals surface area contributed by atoms with Crippen molar-refractivity contribution < 1.29 is 4.79 Å². The van der Waals surface area contributed by atoms with Crippen molar-refractivity contribution in [2.75, 3.05) is 33.7 Å². The number of carbonyl (C=O) groups excluding carboxylic acids is 1. The van der Waals surface area contributed by atoms with Crippen LogP contribution in [0.1, 0.15) is 30.1 Å². The molecule has 1 aromatic carbocycles. The Morgan fingerprint density at radius 1 is 1.22 bits per heavy atom. The summed E-state index contributed by atoms with van der Waals surface area (Å²) >= 11 is 11.7. The van der Waals surface area contributed by atoms with Gasteiger partial charge in [-0.25, -0.2) is 0 Å². The topological polar surface area (TPSA) is 56.7 Å². The van der Waals surface area contributed by atoms with E-state index in [4.69, 9.17) is 23.2 Å². The lowest BCUT2D eigenvalue weighted by Crippen LogP contribution is -2.42. The van der Waals surface area contributed by atoms with Crippen LogP contribution in [0.5, 0.6) is 0 Å². The van der Waals surface area contributed by atoms with Crippen LogP contribution in [0.15, 0.2) is 23.2 Å². The van der Waals surface area contributed by atoms with Gasteiger partial charge in [0.1, 0.15) is 0 Å². The molecule has 1 rings (SSSR count). The van der Waals surface area contributed by atoms with Crippen LogP contribution in [0.25, 0.3) is 0 Å². The zero-order chi connectivity index (χ0) is 17.2. The average molecular weight is 359 g/mol. The fourth-order valence-electron chi connectivity index (χ4n) is 1.98. The van der Waals surface area contributed by atoms with Gasteiger partial charge < -0.3 is 15.5 Å². The van der Waals surface area contributed by atoms with Crippen LogP contribution in [0.4, 0.5) is 0 Å². The Morgan fingerprint density at radius 2 is 1.91 bits per heavy atom. The van der Waals surface area contributed by atoms with Gasteiger partial charge in [-0.3, -0.25) is 9.79 Å². The first-order valence-corrected chi connectivity index (χ1v) is 8.40. The summed E-state index contributed by atoms with van der Waals surface area (Å²) in [6.07, 6.45) is 2.26. The normalized spacial score (nSPS) is 11.3. The van der Waals surface area contributed by atoms with E-state index in [0.717, 1.165) is 25.3 Å². The first-order valence-electron chi connectivity index (χ1n) is 7.64. The summed E-state index contributed by atoms with van der Waals surface area (Å²) in [5, 5.41) is 6.85. The molecule has 0 saturated carbocycles. The molecule has 0 saturated heterocycles. The van der Waals surface area contributed by atoms with E-state index in [9.17, 15) is 4.79 Å². The number of guanidine groups is 1. The zero-order valence-electron chi connectivity index (χ0n) is 13.8. The monoisotopic (exact) mass is 358 g/mol. The van der Waals surface area contributed by atoms with Crippen LogP contribution in [-0.4, -0.2) is 50.5 Å². The number of halogens is 2. The van der Waals surface area contributed by atoms with Crippen molar-refractivity contribution in [2.24, 2.45) is 4.99 Å². The molecular formula is C16H24Cl2N4O. The average Bonchev–Trinajstić information content (AvgIpc) is 2.55. The maximum absolute atomic E-state index is 12.0. The number of nitrogens with one attached hydrogen (secondary N) is 2. The van der Waals surface area contributed by atoms with Crippen LogP contribution in [-0.2, 0) is 0 Å². The summed E-state index contributed by atoms with van der Waals surface area (Å²) in [5.74, 6) is 0.641. The third-order valence-corrected chi connectivity index (χ3v) is 4.03. The second-order valence-corrected chi connectivity index (χ2v) is 5.95. The molecule has 5 nitrogen and oxygen atoms in total.